The summed E-state index contributed by atoms with van der Waals surface area (Å²) in [5.41, 5.74) is 4.16. The van der Waals surface area contributed by atoms with Crippen molar-refractivity contribution >= 4 is 47.4 Å². The Kier molecular flexibility index (Phi) is 16.0. The number of amides is 4. The van der Waals surface area contributed by atoms with Gasteiger partial charge < -0.3 is 33.3 Å². The highest BCUT2D eigenvalue weighted by Crippen LogP contribution is 2.31. The van der Waals surface area contributed by atoms with Crippen molar-refractivity contribution in [1.82, 2.24) is 35.2 Å². The molecule has 2 aliphatic heterocycles. The molecule has 4 amide bonds. The van der Waals surface area contributed by atoms with Gasteiger partial charge in [0.05, 0.1) is 6.54 Å². The monoisotopic (exact) mass is 958 g/mol. The molecule has 17 nitrogen and oxygen atoms in total. The third kappa shape index (κ3) is 15.6. The molecule has 6 rings (SSSR count). The van der Waals surface area contributed by atoms with E-state index in [1.165, 1.54) is 0 Å². The molecule has 0 spiro atoms. The van der Waals surface area contributed by atoms with Crippen LogP contribution in [0.3, 0.4) is 0 Å². The predicted octanol–water partition coefficient (Wildman–Crippen LogP) is 10.5. The molecule has 4 aromatic rings. The summed E-state index contributed by atoms with van der Waals surface area (Å²) in [4.78, 5) is 62.9. The Labute approximate surface area is 411 Å². The molecule has 0 saturated heterocycles. The molecule has 0 saturated carbocycles. The summed E-state index contributed by atoms with van der Waals surface area (Å²) in [5.74, 6) is 1.55. The van der Waals surface area contributed by atoms with E-state index in [1.54, 1.807) is 92.9 Å². The van der Waals surface area contributed by atoms with Crippen LogP contribution in [-0.2, 0) is 25.5 Å². The first kappa shape index (κ1) is 52.1. The van der Waals surface area contributed by atoms with Gasteiger partial charge in [-0.1, -0.05) is 91.0 Å². The number of carbonyl (C=O) groups is 4. The first-order valence-electron chi connectivity index (χ1n) is 23.5. The fourth-order valence-electron chi connectivity index (χ4n) is 7.45. The number of rotatable bonds is 6. The van der Waals surface area contributed by atoms with Crippen LogP contribution >= 0.6 is 0 Å². The van der Waals surface area contributed by atoms with Gasteiger partial charge in [0, 0.05) is 37.3 Å². The minimum Gasteiger partial charge on any atom is -0.444 e. The van der Waals surface area contributed by atoms with Gasteiger partial charge in [-0.05, 0) is 124 Å². The summed E-state index contributed by atoms with van der Waals surface area (Å²) in [5, 5.41) is 14.8. The zero-order valence-corrected chi connectivity index (χ0v) is 42.5. The maximum atomic E-state index is 12.8. The fraction of sp³-hybridized carbons (Fsp3) is 0.434. The number of aliphatic imine (C=N–C) groups is 2. The van der Waals surface area contributed by atoms with Crippen LogP contribution in [0.15, 0.2) is 101 Å². The Hall–Kier alpha value is -7.30. The van der Waals surface area contributed by atoms with Crippen molar-refractivity contribution in [1.29, 1.82) is 0 Å². The summed E-state index contributed by atoms with van der Waals surface area (Å²) in [6.45, 7) is 23.3. The van der Waals surface area contributed by atoms with Crippen LogP contribution in [0, 0.1) is 0 Å². The van der Waals surface area contributed by atoms with Crippen LogP contribution in [0.4, 0.5) is 19.2 Å². The van der Waals surface area contributed by atoms with Gasteiger partial charge in [0.2, 0.25) is 11.9 Å². The van der Waals surface area contributed by atoms with E-state index < -0.39 is 46.8 Å². The summed E-state index contributed by atoms with van der Waals surface area (Å²) in [6, 6.07) is 26.7. The van der Waals surface area contributed by atoms with E-state index in [0.717, 1.165) is 39.0 Å². The number of guanidine groups is 2. The summed E-state index contributed by atoms with van der Waals surface area (Å²) in [7, 11) is 0. The number of ether oxygens (including phenoxy) is 4. The van der Waals surface area contributed by atoms with Gasteiger partial charge in [0.25, 0.3) is 0 Å². The van der Waals surface area contributed by atoms with Crippen LogP contribution in [0.25, 0.3) is 33.9 Å². The van der Waals surface area contributed by atoms with Crippen LogP contribution in [0.1, 0.15) is 113 Å². The van der Waals surface area contributed by atoms with Crippen LogP contribution in [-0.4, -0.2) is 109 Å². The van der Waals surface area contributed by atoms with Gasteiger partial charge in [-0.2, -0.15) is 0 Å². The molecule has 0 bridgehead atoms. The number of aromatic nitrogens is 3. The average Bonchev–Trinajstić information content (AvgIpc) is 3.67. The van der Waals surface area contributed by atoms with E-state index >= 15 is 0 Å². The average molecular weight is 958 g/mol. The third-order valence-corrected chi connectivity index (χ3v) is 10.4. The number of benzene rings is 3. The van der Waals surface area contributed by atoms with Crippen molar-refractivity contribution in [3.8, 4) is 22.8 Å². The molecule has 0 atom stereocenters. The van der Waals surface area contributed by atoms with Crippen molar-refractivity contribution in [2.75, 3.05) is 26.2 Å². The Bertz CT molecular complexity index is 2480. The quantitative estimate of drug-likeness (QED) is 0.106. The third-order valence-electron chi connectivity index (χ3n) is 10.4. The second-order valence-electron chi connectivity index (χ2n) is 21.0. The number of alkyl carbamates (subject to hydrolysis) is 2. The van der Waals surface area contributed by atoms with Crippen molar-refractivity contribution in [3.05, 3.63) is 108 Å². The number of carbonyl (C=O) groups excluding carboxylic acids is 4. The minimum atomic E-state index is -0.813. The lowest BCUT2D eigenvalue weighted by Gasteiger charge is -2.30. The Morgan fingerprint density at radius 2 is 0.871 bits per heavy atom. The smallest absolute Gasteiger partial charge is 0.437 e. The van der Waals surface area contributed by atoms with Crippen molar-refractivity contribution in [3.63, 3.8) is 0 Å². The molecule has 0 fully saturated rings. The molecular weight excluding hydrogens is 891 g/mol. The molecule has 70 heavy (non-hydrogen) atoms. The largest absolute Gasteiger partial charge is 0.444 e. The second-order valence-corrected chi connectivity index (χ2v) is 21.0. The van der Waals surface area contributed by atoms with Gasteiger partial charge in [-0.15, -0.1) is 20.2 Å². The maximum Gasteiger partial charge on any atom is 0.437 e. The maximum absolute atomic E-state index is 12.8. The minimum absolute atomic E-state index is 0.0589. The van der Waals surface area contributed by atoms with Gasteiger partial charge in [-0.25, -0.2) is 19.2 Å². The second kappa shape index (κ2) is 21.6. The van der Waals surface area contributed by atoms with Crippen molar-refractivity contribution in [2.45, 2.75) is 125 Å². The first-order chi connectivity index (χ1) is 32.8. The number of hydrogen-bond acceptors (Lipinski definition) is 10. The molecular formula is C53H67N9O8. The molecule has 0 radical (unpaired) electrons. The van der Waals surface area contributed by atoms with Gasteiger partial charge in [-0.3, -0.25) is 10.6 Å². The van der Waals surface area contributed by atoms with Crippen molar-refractivity contribution in [2.24, 2.45) is 9.98 Å². The molecule has 3 heterocycles. The van der Waals surface area contributed by atoms with Gasteiger partial charge >= 0.3 is 24.4 Å². The van der Waals surface area contributed by atoms with E-state index in [9.17, 15) is 19.2 Å². The van der Waals surface area contributed by atoms with E-state index in [0.29, 0.717) is 57.2 Å². The van der Waals surface area contributed by atoms with E-state index in [-0.39, 0.29) is 11.9 Å². The highest BCUT2D eigenvalue weighted by molar-refractivity contribution is 6.00. The van der Waals surface area contributed by atoms with Crippen molar-refractivity contribution < 1.29 is 38.1 Å². The zero-order chi connectivity index (χ0) is 51.0. The lowest BCUT2D eigenvalue weighted by Crippen LogP contribution is -2.48. The lowest BCUT2D eigenvalue weighted by atomic mass is 9.98. The topological polar surface area (TPSA) is 191 Å². The predicted molar refractivity (Wildman–Crippen MR) is 271 cm³/mol. The fourth-order valence-corrected chi connectivity index (χ4v) is 7.45. The molecule has 372 valence electrons. The van der Waals surface area contributed by atoms with E-state index in [2.05, 4.69) is 73.7 Å². The Balaban J connectivity index is 1.20. The van der Waals surface area contributed by atoms with E-state index in [1.807, 2.05) is 42.5 Å². The lowest BCUT2D eigenvalue weighted by molar-refractivity contribution is 0.0536. The molecule has 17 heteroatoms. The molecule has 0 aliphatic carbocycles. The summed E-state index contributed by atoms with van der Waals surface area (Å²) >= 11 is 0. The van der Waals surface area contributed by atoms with Gasteiger partial charge in [0.15, 0.2) is 11.6 Å². The van der Waals surface area contributed by atoms with Crippen LogP contribution in [0.5, 0.6) is 0 Å². The zero-order valence-electron chi connectivity index (χ0n) is 42.5. The number of hydrogen-bond donors (Lipinski definition) is 2. The van der Waals surface area contributed by atoms with Gasteiger partial charge in [0.1, 0.15) is 22.4 Å². The first-order valence-corrected chi connectivity index (χ1v) is 23.5. The SMILES string of the molecule is CC(C)(C)OC(=O)N=C(NC(=O)OC(C)(C)C)N1CC=C(c2ccc(-c3nnc(-c4ccc(C5=CCN(C(=NC(=O)OC(C)(C)C)NC(=O)OC(C)(C)C)CC5)cc4)n3Cc3ccccc3)cc2)CC1. The van der Waals surface area contributed by atoms with Crippen LogP contribution in [0.2, 0.25) is 0 Å². The highest BCUT2D eigenvalue weighted by atomic mass is 16.6. The standard InChI is InChI=1S/C53H67N9O8/c1-50(2,3)67-46(63)54-44(55-47(64)68-51(4,5)6)60-30-26-38(27-31-60)36-18-22-40(23-19-36)42-58-59-43(62(42)34-35-16-14-13-15-17-35)41-24-20-37(21-25-41)39-28-32-61(33-29-39)45(56-48(65)69-52(7,8)9)57-49(66)70-53(10,11)12/h13-26,28H,27,29-34H2,1-12H3,(H,54,55,63,64)(H,56,57,65,66). The summed E-state index contributed by atoms with van der Waals surface area (Å²) < 4.78 is 23.9. The van der Waals surface area contributed by atoms with E-state index in [4.69, 9.17) is 29.1 Å². The summed E-state index contributed by atoms with van der Waals surface area (Å²) in [6.07, 6.45) is 2.29. The Morgan fingerprint density at radius 3 is 1.20 bits per heavy atom. The molecule has 0 unspecified atom stereocenters. The normalized spacial score (nSPS) is 15.1. The Morgan fingerprint density at radius 1 is 0.514 bits per heavy atom. The van der Waals surface area contributed by atoms with Crippen LogP contribution < -0.4 is 10.6 Å². The molecule has 1 aromatic heterocycles. The highest BCUT2D eigenvalue weighted by Gasteiger charge is 2.27. The number of nitrogens with one attached hydrogen (secondary N) is 2. The molecule has 2 aliphatic rings. The number of nitrogens with zero attached hydrogens (tertiary/aromatic N) is 7. The molecule has 3 aromatic carbocycles. The molecule has 2 N–H and O–H groups in total.